The van der Waals surface area contributed by atoms with Gasteiger partial charge in [-0.1, -0.05) is 49.4 Å². The van der Waals surface area contributed by atoms with E-state index in [1.807, 2.05) is 48.5 Å². The summed E-state index contributed by atoms with van der Waals surface area (Å²) in [4.78, 5) is 9.49. The van der Waals surface area contributed by atoms with E-state index >= 15 is 0 Å². The first-order valence-corrected chi connectivity index (χ1v) is 10.2. The number of aromatic hydroxyl groups is 1. The molecule has 1 aromatic heterocycles. The Morgan fingerprint density at radius 2 is 1.73 bits per heavy atom. The van der Waals surface area contributed by atoms with Gasteiger partial charge in [0, 0.05) is 18.0 Å². The fourth-order valence-electron chi connectivity index (χ4n) is 3.48. The molecule has 4 aromatic rings. The van der Waals surface area contributed by atoms with Crippen LogP contribution in [0.25, 0.3) is 33.4 Å². The summed E-state index contributed by atoms with van der Waals surface area (Å²) < 4.78 is 0. The highest BCUT2D eigenvalue weighted by Gasteiger charge is 2.14. The lowest BCUT2D eigenvalue weighted by atomic mass is 9.98. The van der Waals surface area contributed by atoms with Crippen LogP contribution in [0.15, 0.2) is 66.7 Å². The largest absolute Gasteiger partial charge is 0.507 e. The summed E-state index contributed by atoms with van der Waals surface area (Å²) in [7, 11) is 0. The van der Waals surface area contributed by atoms with Gasteiger partial charge < -0.3 is 16.2 Å². The molecule has 0 spiro atoms. The van der Waals surface area contributed by atoms with Gasteiger partial charge in [-0.25, -0.2) is 9.97 Å². The lowest BCUT2D eigenvalue weighted by Gasteiger charge is -2.15. The molecule has 152 valence electrons. The number of para-hydroxylation sites is 1. The SMILES string of the molecule is CC[C@H](N)CNc1nc(-c2cc(-c3ccccc3C)ccc2O)nc2ccccc12. The van der Waals surface area contributed by atoms with Gasteiger partial charge in [0.1, 0.15) is 11.6 Å². The van der Waals surface area contributed by atoms with Crippen molar-refractivity contribution < 1.29 is 5.11 Å². The predicted octanol–water partition coefficient (Wildman–Crippen LogP) is 5.13. The molecule has 0 saturated carbocycles. The number of nitrogens with zero attached hydrogens (tertiary/aromatic N) is 2. The minimum Gasteiger partial charge on any atom is -0.507 e. The zero-order valence-corrected chi connectivity index (χ0v) is 17.3. The highest BCUT2D eigenvalue weighted by atomic mass is 16.3. The van der Waals surface area contributed by atoms with Crippen molar-refractivity contribution in [1.82, 2.24) is 9.97 Å². The Balaban J connectivity index is 1.83. The Morgan fingerprint density at radius 1 is 0.967 bits per heavy atom. The number of phenols is 1. The molecule has 0 bridgehead atoms. The third-order valence-corrected chi connectivity index (χ3v) is 5.35. The van der Waals surface area contributed by atoms with Gasteiger partial charge in [-0.2, -0.15) is 0 Å². The minimum atomic E-state index is 0.0416. The molecule has 0 aliphatic carbocycles. The van der Waals surface area contributed by atoms with E-state index in [0.717, 1.165) is 34.3 Å². The molecule has 0 aliphatic heterocycles. The Kier molecular flexibility index (Phi) is 5.63. The fraction of sp³-hybridized carbons (Fsp3) is 0.200. The molecule has 4 N–H and O–H groups in total. The lowest BCUT2D eigenvalue weighted by Crippen LogP contribution is -2.28. The number of hydrogen-bond donors (Lipinski definition) is 3. The molecule has 1 heterocycles. The normalized spacial score (nSPS) is 12.1. The molecule has 0 fully saturated rings. The van der Waals surface area contributed by atoms with Crippen LogP contribution in [0.4, 0.5) is 5.82 Å². The van der Waals surface area contributed by atoms with Crippen LogP contribution in [-0.4, -0.2) is 27.7 Å². The number of anilines is 1. The van der Waals surface area contributed by atoms with Crippen LogP contribution in [0.3, 0.4) is 0 Å². The maximum Gasteiger partial charge on any atom is 0.165 e. The molecule has 0 radical (unpaired) electrons. The average molecular weight is 399 g/mol. The number of aryl methyl sites for hydroxylation is 1. The van der Waals surface area contributed by atoms with Gasteiger partial charge in [-0.15, -0.1) is 0 Å². The van der Waals surface area contributed by atoms with Crippen LogP contribution in [0, 0.1) is 6.92 Å². The highest BCUT2D eigenvalue weighted by molar-refractivity contribution is 5.91. The number of nitrogens with one attached hydrogen (secondary N) is 1. The predicted molar refractivity (Wildman–Crippen MR) is 124 cm³/mol. The minimum absolute atomic E-state index is 0.0416. The molecule has 5 heteroatoms. The molecule has 0 saturated heterocycles. The maximum atomic E-state index is 10.6. The van der Waals surface area contributed by atoms with Crippen molar-refractivity contribution in [1.29, 1.82) is 0 Å². The Hall–Kier alpha value is -3.44. The first-order chi connectivity index (χ1) is 14.6. The fourth-order valence-corrected chi connectivity index (χ4v) is 3.48. The molecule has 3 aromatic carbocycles. The second-order valence-corrected chi connectivity index (χ2v) is 7.51. The van der Waals surface area contributed by atoms with Crippen LogP contribution in [-0.2, 0) is 0 Å². The van der Waals surface area contributed by atoms with Crippen molar-refractivity contribution in [2.24, 2.45) is 5.73 Å². The summed E-state index contributed by atoms with van der Waals surface area (Å²) >= 11 is 0. The van der Waals surface area contributed by atoms with Crippen LogP contribution in [0.1, 0.15) is 18.9 Å². The third kappa shape index (κ3) is 3.98. The third-order valence-electron chi connectivity index (χ3n) is 5.35. The van der Waals surface area contributed by atoms with E-state index in [2.05, 4.69) is 31.3 Å². The maximum absolute atomic E-state index is 10.6. The van der Waals surface area contributed by atoms with Crippen molar-refractivity contribution in [2.75, 3.05) is 11.9 Å². The summed E-state index contributed by atoms with van der Waals surface area (Å²) in [6.07, 6.45) is 0.877. The average Bonchev–Trinajstić information content (AvgIpc) is 2.78. The highest BCUT2D eigenvalue weighted by Crippen LogP contribution is 2.34. The first kappa shape index (κ1) is 19.9. The van der Waals surface area contributed by atoms with Crippen LogP contribution in [0.5, 0.6) is 5.75 Å². The molecule has 1 atom stereocenters. The molecule has 30 heavy (non-hydrogen) atoms. The van der Waals surface area contributed by atoms with Crippen molar-refractivity contribution >= 4 is 16.7 Å². The summed E-state index contributed by atoms with van der Waals surface area (Å²) in [5.41, 5.74) is 10.8. The zero-order valence-electron chi connectivity index (χ0n) is 17.3. The quantitative estimate of drug-likeness (QED) is 0.419. The van der Waals surface area contributed by atoms with Crippen molar-refractivity contribution in [3.8, 4) is 28.3 Å². The number of phenolic OH excluding ortho intramolecular Hbond substituents is 1. The monoisotopic (exact) mass is 398 g/mol. The van der Waals surface area contributed by atoms with Crippen LogP contribution in [0.2, 0.25) is 0 Å². The van der Waals surface area contributed by atoms with Crippen molar-refractivity contribution in [2.45, 2.75) is 26.3 Å². The van der Waals surface area contributed by atoms with E-state index in [4.69, 9.17) is 15.7 Å². The van der Waals surface area contributed by atoms with Crippen molar-refractivity contribution in [3.63, 3.8) is 0 Å². The summed E-state index contributed by atoms with van der Waals surface area (Å²) in [5.74, 6) is 1.35. The van der Waals surface area contributed by atoms with Crippen LogP contribution >= 0.6 is 0 Å². The number of fused-ring (bicyclic) bond motifs is 1. The topological polar surface area (TPSA) is 84.1 Å². The van der Waals surface area contributed by atoms with E-state index in [1.165, 1.54) is 5.56 Å². The smallest absolute Gasteiger partial charge is 0.165 e. The van der Waals surface area contributed by atoms with Gasteiger partial charge in [0.25, 0.3) is 0 Å². The molecular formula is C25H26N4O. The number of nitrogens with two attached hydrogens (primary N) is 1. The molecule has 0 amide bonds. The number of benzene rings is 3. The van der Waals surface area contributed by atoms with E-state index in [1.54, 1.807) is 6.07 Å². The van der Waals surface area contributed by atoms with Gasteiger partial charge in [0.2, 0.25) is 0 Å². The second kappa shape index (κ2) is 8.51. The van der Waals surface area contributed by atoms with Crippen LogP contribution < -0.4 is 11.1 Å². The van der Waals surface area contributed by atoms with E-state index in [0.29, 0.717) is 17.9 Å². The summed E-state index contributed by atoms with van der Waals surface area (Å²) in [6, 6.07) is 21.7. The Labute approximate surface area is 176 Å². The Bertz CT molecular complexity index is 1190. The van der Waals surface area contributed by atoms with E-state index in [-0.39, 0.29) is 11.8 Å². The number of aromatic nitrogens is 2. The zero-order chi connectivity index (χ0) is 21.1. The van der Waals surface area contributed by atoms with Gasteiger partial charge in [0.05, 0.1) is 11.1 Å². The van der Waals surface area contributed by atoms with Gasteiger partial charge in [-0.05, 0) is 54.3 Å². The standard InChI is InChI=1S/C25H26N4O/c1-3-18(26)15-27-24-20-10-6-7-11-22(20)28-25(29-24)21-14-17(12-13-23(21)30)19-9-5-4-8-16(19)2/h4-14,18,30H,3,15,26H2,1-2H3,(H,27,28,29)/t18-/m0/s1. The van der Waals surface area contributed by atoms with Gasteiger partial charge in [0.15, 0.2) is 5.82 Å². The molecular weight excluding hydrogens is 372 g/mol. The molecule has 4 rings (SSSR count). The van der Waals surface area contributed by atoms with E-state index < -0.39 is 0 Å². The number of rotatable bonds is 6. The van der Waals surface area contributed by atoms with Gasteiger partial charge in [-0.3, -0.25) is 0 Å². The Morgan fingerprint density at radius 3 is 2.53 bits per heavy atom. The van der Waals surface area contributed by atoms with Crippen molar-refractivity contribution in [3.05, 3.63) is 72.3 Å². The first-order valence-electron chi connectivity index (χ1n) is 10.2. The molecule has 0 aliphatic rings. The number of hydrogen-bond acceptors (Lipinski definition) is 5. The summed E-state index contributed by atoms with van der Waals surface area (Å²) in [5, 5.41) is 14.9. The van der Waals surface area contributed by atoms with Gasteiger partial charge >= 0.3 is 0 Å². The van der Waals surface area contributed by atoms with E-state index in [9.17, 15) is 5.11 Å². The molecule has 5 nitrogen and oxygen atoms in total. The molecule has 0 unspecified atom stereocenters. The summed E-state index contributed by atoms with van der Waals surface area (Å²) in [6.45, 7) is 4.75. The lowest BCUT2D eigenvalue weighted by molar-refractivity contribution is 0.477. The second-order valence-electron chi connectivity index (χ2n) is 7.51.